The van der Waals surface area contributed by atoms with Crippen LogP contribution in [0.15, 0.2) is 70.5 Å². The molecule has 0 aliphatic rings. The lowest BCUT2D eigenvalue weighted by molar-refractivity contribution is -0.147. The number of amides is 1. The maximum atomic E-state index is 12.8. The van der Waals surface area contributed by atoms with Crippen molar-refractivity contribution >= 4 is 34.5 Å². The summed E-state index contributed by atoms with van der Waals surface area (Å²) in [6.07, 6.45) is 1.25. The molecule has 0 radical (unpaired) electrons. The third kappa shape index (κ3) is 4.64. The van der Waals surface area contributed by atoms with E-state index in [0.717, 1.165) is 4.57 Å². The number of hydrogen-bond acceptors (Lipinski definition) is 7. The first-order valence-electron chi connectivity index (χ1n) is 10.5. The number of carbonyl (C=O) groups excluding carboxylic acids is 3. The lowest BCUT2D eigenvalue weighted by Gasteiger charge is -2.11. The van der Waals surface area contributed by atoms with Crippen molar-refractivity contribution < 1.29 is 19.1 Å². The average molecular weight is 475 g/mol. The molecule has 1 amide bonds. The van der Waals surface area contributed by atoms with Gasteiger partial charge in [0.05, 0.1) is 12.0 Å². The molecule has 2 aromatic heterocycles. The Morgan fingerprint density at radius 1 is 0.943 bits per heavy atom. The summed E-state index contributed by atoms with van der Waals surface area (Å²) in [5.74, 6) is -1.69. The number of aromatic nitrogens is 4. The monoisotopic (exact) mass is 475 g/mol. The molecule has 0 atom stereocenters. The predicted octanol–water partition coefficient (Wildman–Crippen LogP) is 0.847. The first kappa shape index (κ1) is 23.4. The van der Waals surface area contributed by atoms with Gasteiger partial charge in [-0.05, 0) is 12.1 Å². The van der Waals surface area contributed by atoms with Crippen LogP contribution >= 0.6 is 0 Å². The molecule has 0 saturated heterocycles. The Hall–Kier alpha value is -4.80. The molecule has 35 heavy (non-hydrogen) atoms. The summed E-state index contributed by atoms with van der Waals surface area (Å²) in [4.78, 5) is 66.1. The van der Waals surface area contributed by atoms with Crippen LogP contribution in [0.1, 0.15) is 15.9 Å². The minimum absolute atomic E-state index is 0.0596. The van der Waals surface area contributed by atoms with Crippen LogP contribution in [0.4, 0.5) is 5.69 Å². The van der Waals surface area contributed by atoms with Gasteiger partial charge in [-0.25, -0.2) is 9.78 Å². The van der Waals surface area contributed by atoms with Gasteiger partial charge < -0.3 is 14.6 Å². The summed E-state index contributed by atoms with van der Waals surface area (Å²) in [5.41, 5.74) is 0.0884. The number of carbonyl (C=O) groups is 3. The Morgan fingerprint density at radius 2 is 1.63 bits per heavy atom. The number of rotatable bonds is 7. The van der Waals surface area contributed by atoms with E-state index in [9.17, 15) is 24.0 Å². The van der Waals surface area contributed by atoms with Crippen molar-refractivity contribution in [3.05, 3.63) is 92.9 Å². The third-order valence-electron chi connectivity index (χ3n) is 5.36. The van der Waals surface area contributed by atoms with Crippen LogP contribution in [0.5, 0.6) is 0 Å². The number of nitrogens with one attached hydrogen (secondary N) is 1. The molecule has 4 rings (SSSR count). The Bertz CT molecular complexity index is 1570. The molecule has 0 aliphatic heterocycles. The van der Waals surface area contributed by atoms with Crippen molar-refractivity contribution in [3.8, 4) is 0 Å². The average Bonchev–Trinajstić information content (AvgIpc) is 3.29. The van der Waals surface area contributed by atoms with Crippen molar-refractivity contribution in [3.63, 3.8) is 0 Å². The van der Waals surface area contributed by atoms with E-state index >= 15 is 0 Å². The summed E-state index contributed by atoms with van der Waals surface area (Å²) < 4.78 is 8.41. The van der Waals surface area contributed by atoms with Gasteiger partial charge in [0.15, 0.2) is 23.6 Å². The molecular formula is C24H21N5O6. The van der Waals surface area contributed by atoms with E-state index in [-0.39, 0.29) is 29.2 Å². The van der Waals surface area contributed by atoms with Crippen LogP contribution in [0, 0.1) is 0 Å². The van der Waals surface area contributed by atoms with Gasteiger partial charge in [0.1, 0.15) is 6.54 Å². The summed E-state index contributed by atoms with van der Waals surface area (Å²) in [7, 11) is 2.79. The molecule has 11 nitrogen and oxygen atoms in total. The third-order valence-corrected chi connectivity index (χ3v) is 5.36. The minimum Gasteiger partial charge on any atom is -0.454 e. The Balaban J connectivity index is 1.43. The smallest absolute Gasteiger partial charge is 0.332 e. The predicted molar refractivity (Wildman–Crippen MR) is 126 cm³/mol. The van der Waals surface area contributed by atoms with Crippen LogP contribution in [0.2, 0.25) is 0 Å². The highest BCUT2D eigenvalue weighted by Crippen LogP contribution is 2.19. The molecule has 4 aromatic rings. The van der Waals surface area contributed by atoms with E-state index in [1.165, 1.54) is 29.6 Å². The van der Waals surface area contributed by atoms with E-state index in [1.807, 2.05) is 0 Å². The summed E-state index contributed by atoms with van der Waals surface area (Å²) in [6, 6.07) is 15.1. The zero-order valence-corrected chi connectivity index (χ0v) is 18.9. The van der Waals surface area contributed by atoms with Crippen LogP contribution in [-0.4, -0.2) is 43.0 Å². The fourth-order valence-electron chi connectivity index (χ4n) is 3.57. The lowest BCUT2D eigenvalue weighted by atomic mass is 10.0. The molecular weight excluding hydrogens is 454 g/mol. The van der Waals surface area contributed by atoms with Gasteiger partial charge in [0.2, 0.25) is 0 Å². The Kier molecular flexibility index (Phi) is 6.40. The van der Waals surface area contributed by atoms with Crippen LogP contribution in [-0.2, 0) is 35.0 Å². The summed E-state index contributed by atoms with van der Waals surface area (Å²) >= 11 is 0. The van der Waals surface area contributed by atoms with E-state index in [2.05, 4.69) is 10.3 Å². The standard InChI is InChI=1S/C24H21N5O6/c1-27-22-20(23(33)28(2)24(27)34)29(14-25-22)12-19(31)35-13-18(30)26-17-11-7-6-10-16(17)21(32)15-8-4-3-5-9-15/h3-11,14H,12-13H2,1-2H3,(H,26,30). The van der Waals surface area contributed by atoms with Crippen molar-refractivity contribution in [2.45, 2.75) is 6.54 Å². The number of anilines is 1. The van der Waals surface area contributed by atoms with E-state index in [1.54, 1.807) is 54.6 Å². The van der Waals surface area contributed by atoms with Crippen molar-refractivity contribution in [2.24, 2.45) is 14.1 Å². The Labute approximate surface area is 198 Å². The number of ketones is 1. The number of fused-ring (bicyclic) bond motifs is 1. The molecule has 0 unspecified atom stereocenters. The number of imidazole rings is 1. The van der Waals surface area contributed by atoms with Crippen molar-refractivity contribution in [2.75, 3.05) is 11.9 Å². The van der Waals surface area contributed by atoms with Crippen molar-refractivity contribution in [1.29, 1.82) is 0 Å². The summed E-state index contributed by atoms with van der Waals surface area (Å²) in [5, 5.41) is 2.59. The molecule has 11 heteroatoms. The largest absolute Gasteiger partial charge is 0.454 e. The molecule has 0 bridgehead atoms. The molecule has 0 saturated carbocycles. The second-order valence-electron chi connectivity index (χ2n) is 7.70. The highest BCUT2D eigenvalue weighted by molar-refractivity contribution is 6.13. The fourth-order valence-corrected chi connectivity index (χ4v) is 3.57. The second-order valence-corrected chi connectivity index (χ2v) is 7.70. The number of ether oxygens (including phenoxy) is 1. The topological polar surface area (TPSA) is 134 Å². The second kappa shape index (κ2) is 9.59. The molecule has 2 aromatic carbocycles. The van der Waals surface area contributed by atoms with Gasteiger partial charge in [-0.1, -0.05) is 42.5 Å². The van der Waals surface area contributed by atoms with Gasteiger partial charge in [-0.15, -0.1) is 0 Å². The van der Waals surface area contributed by atoms with Gasteiger partial charge in [0, 0.05) is 25.2 Å². The van der Waals surface area contributed by atoms with Gasteiger partial charge in [-0.3, -0.25) is 28.3 Å². The number of hydrogen-bond donors (Lipinski definition) is 1. The Morgan fingerprint density at radius 3 is 2.37 bits per heavy atom. The first-order chi connectivity index (χ1) is 16.8. The summed E-state index contributed by atoms with van der Waals surface area (Å²) in [6.45, 7) is -0.990. The van der Waals surface area contributed by atoms with Crippen LogP contribution in [0.25, 0.3) is 11.2 Å². The number of aryl methyl sites for hydroxylation is 1. The lowest BCUT2D eigenvalue weighted by Crippen LogP contribution is -2.37. The molecule has 1 N–H and O–H groups in total. The molecule has 178 valence electrons. The zero-order valence-electron chi connectivity index (χ0n) is 18.9. The van der Waals surface area contributed by atoms with Crippen LogP contribution < -0.4 is 16.6 Å². The van der Waals surface area contributed by atoms with Gasteiger partial charge in [0.25, 0.3) is 11.5 Å². The number of esters is 1. The zero-order chi connectivity index (χ0) is 25.1. The minimum atomic E-state index is -0.788. The molecule has 2 heterocycles. The highest BCUT2D eigenvalue weighted by atomic mass is 16.5. The maximum Gasteiger partial charge on any atom is 0.332 e. The number of nitrogens with zero attached hydrogens (tertiary/aromatic N) is 4. The quantitative estimate of drug-likeness (QED) is 0.309. The van der Waals surface area contributed by atoms with Gasteiger partial charge in [-0.2, -0.15) is 0 Å². The molecule has 0 aliphatic carbocycles. The first-order valence-corrected chi connectivity index (χ1v) is 10.5. The SMILES string of the molecule is Cn1c(=O)c2c(ncn2CC(=O)OCC(=O)Nc2ccccc2C(=O)c2ccccc2)n(C)c1=O. The van der Waals surface area contributed by atoms with E-state index < -0.39 is 29.7 Å². The molecule has 0 spiro atoms. The maximum absolute atomic E-state index is 12.8. The van der Waals surface area contributed by atoms with E-state index in [0.29, 0.717) is 11.1 Å². The van der Waals surface area contributed by atoms with Gasteiger partial charge >= 0.3 is 11.7 Å². The van der Waals surface area contributed by atoms with Crippen LogP contribution in [0.3, 0.4) is 0 Å². The highest BCUT2D eigenvalue weighted by Gasteiger charge is 2.18. The number of benzene rings is 2. The van der Waals surface area contributed by atoms with Crippen molar-refractivity contribution in [1.82, 2.24) is 18.7 Å². The molecule has 0 fully saturated rings. The fraction of sp³-hybridized carbons (Fsp3) is 0.167. The number of para-hydroxylation sites is 1. The van der Waals surface area contributed by atoms with E-state index in [4.69, 9.17) is 4.74 Å². The normalized spacial score (nSPS) is 10.8.